The summed E-state index contributed by atoms with van der Waals surface area (Å²) in [5.74, 6) is 0. The molecule has 2 aromatic heterocycles. The van der Waals surface area contributed by atoms with Crippen molar-refractivity contribution in [2.45, 2.75) is 31.1 Å². The van der Waals surface area contributed by atoms with Crippen LogP contribution in [0.1, 0.15) is 26.3 Å². The van der Waals surface area contributed by atoms with E-state index in [0.29, 0.717) is 0 Å². The molecule has 0 saturated carbocycles. The minimum absolute atomic E-state index is 0.126. The molecule has 0 atom stereocenters. The van der Waals surface area contributed by atoms with Gasteiger partial charge in [-0.2, -0.15) is 0 Å². The fourth-order valence-electron chi connectivity index (χ4n) is 1.65. The van der Waals surface area contributed by atoms with Crippen LogP contribution < -0.4 is 0 Å². The maximum atomic E-state index is 4.41. The van der Waals surface area contributed by atoms with Crippen molar-refractivity contribution in [2.24, 2.45) is 0 Å². The monoisotopic (exact) mass is 244 g/mol. The van der Waals surface area contributed by atoms with E-state index < -0.39 is 0 Å². The zero-order valence-corrected chi connectivity index (χ0v) is 11.2. The molecule has 0 unspecified atom stereocenters. The van der Waals surface area contributed by atoms with E-state index in [1.807, 2.05) is 12.3 Å². The Morgan fingerprint density at radius 1 is 1.12 bits per heavy atom. The molecule has 2 heterocycles. The molecule has 0 spiro atoms. The Hall–Kier alpha value is -1.35. The molecule has 0 aliphatic heterocycles. The molecule has 0 amide bonds. The highest BCUT2D eigenvalue weighted by atomic mass is 32.1. The zero-order valence-electron chi connectivity index (χ0n) is 10.3. The fourth-order valence-corrected chi connectivity index (χ4v) is 1.90. The summed E-state index contributed by atoms with van der Waals surface area (Å²) in [6.45, 7) is 6.58. The van der Waals surface area contributed by atoms with Gasteiger partial charge < -0.3 is 0 Å². The molecule has 0 aliphatic carbocycles. The molecule has 0 aromatic carbocycles. The van der Waals surface area contributed by atoms with Gasteiger partial charge in [0.25, 0.3) is 0 Å². The van der Waals surface area contributed by atoms with Crippen LogP contribution in [0.3, 0.4) is 0 Å². The van der Waals surface area contributed by atoms with Crippen LogP contribution in [0.5, 0.6) is 0 Å². The molecule has 88 valence electrons. The molecular formula is C14H16N2S. The van der Waals surface area contributed by atoms with Crippen molar-refractivity contribution in [3.05, 3.63) is 42.4 Å². The average molecular weight is 244 g/mol. The molecule has 2 rings (SSSR count). The summed E-state index contributed by atoms with van der Waals surface area (Å²) in [5, 5.41) is 0. The highest BCUT2D eigenvalue weighted by Crippen LogP contribution is 2.28. The number of hydrogen-bond donors (Lipinski definition) is 1. The summed E-state index contributed by atoms with van der Waals surface area (Å²) in [5.41, 5.74) is 3.37. The normalized spacial score (nSPS) is 11.5. The molecule has 2 aromatic rings. The van der Waals surface area contributed by atoms with Gasteiger partial charge >= 0.3 is 0 Å². The summed E-state index contributed by atoms with van der Waals surface area (Å²) in [4.78, 5) is 9.30. The summed E-state index contributed by atoms with van der Waals surface area (Å²) in [6.07, 6.45) is 5.36. The van der Waals surface area contributed by atoms with Crippen molar-refractivity contribution in [2.75, 3.05) is 0 Å². The maximum Gasteiger partial charge on any atom is 0.0717 e. The molecule has 0 saturated heterocycles. The van der Waals surface area contributed by atoms with Gasteiger partial charge in [-0.3, -0.25) is 9.97 Å². The lowest BCUT2D eigenvalue weighted by Crippen LogP contribution is -2.11. The predicted octanol–water partition coefficient (Wildman–Crippen LogP) is 3.73. The minimum atomic E-state index is 0.126. The van der Waals surface area contributed by atoms with Gasteiger partial charge in [-0.1, -0.05) is 20.8 Å². The van der Waals surface area contributed by atoms with Gasteiger partial charge in [0.05, 0.1) is 5.69 Å². The third kappa shape index (κ3) is 2.67. The first-order chi connectivity index (χ1) is 7.98. The molecule has 2 nitrogen and oxygen atoms in total. The molecule has 0 N–H and O–H groups in total. The average Bonchev–Trinajstić information content (AvgIpc) is 2.29. The Labute approximate surface area is 108 Å². The first-order valence-electron chi connectivity index (χ1n) is 5.58. The van der Waals surface area contributed by atoms with Crippen molar-refractivity contribution in [1.82, 2.24) is 9.97 Å². The largest absolute Gasteiger partial charge is 0.264 e. The van der Waals surface area contributed by atoms with Crippen LogP contribution in [0, 0.1) is 0 Å². The Balaban J connectivity index is 2.51. The van der Waals surface area contributed by atoms with E-state index in [0.717, 1.165) is 16.2 Å². The summed E-state index contributed by atoms with van der Waals surface area (Å²) < 4.78 is 0. The second-order valence-corrected chi connectivity index (χ2v) is 5.55. The van der Waals surface area contributed by atoms with E-state index in [1.165, 1.54) is 5.56 Å². The van der Waals surface area contributed by atoms with Gasteiger partial charge in [0.1, 0.15) is 0 Å². The van der Waals surface area contributed by atoms with Crippen molar-refractivity contribution < 1.29 is 0 Å². The summed E-state index contributed by atoms with van der Waals surface area (Å²) in [6, 6.07) is 6.12. The topological polar surface area (TPSA) is 25.8 Å². The van der Waals surface area contributed by atoms with Crippen LogP contribution in [-0.2, 0) is 5.41 Å². The number of hydrogen-bond acceptors (Lipinski definition) is 3. The highest BCUT2D eigenvalue weighted by molar-refractivity contribution is 7.80. The van der Waals surface area contributed by atoms with Crippen molar-refractivity contribution in [3.8, 4) is 11.3 Å². The Morgan fingerprint density at radius 2 is 1.88 bits per heavy atom. The van der Waals surface area contributed by atoms with E-state index >= 15 is 0 Å². The lowest BCUT2D eigenvalue weighted by Gasteiger charge is -2.19. The van der Waals surface area contributed by atoms with E-state index in [1.54, 1.807) is 12.4 Å². The van der Waals surface area contributed by atoms with Crippen LogP contribution in [0.4, 0.5) is 0 Å². The molecule has 0 bridgehead atoms. The van der Waals surface area contributed by atoms with Crippen molar-refractivity contribution >= 4 is 12.6 Å². The summed E-state index contributed by atoms with van der Waals surface area (Å²) in [7, 11) is 0. The minimum Gasteiger partial charge on any atom is -0.264 e. The lowest BCUT2D eigenvalue weighted by atomic mass is 9.87. The van der Waals surface area contributed by atoms with Crippen molar-refractivity contribution in [1.29, 1.82) is 0 Å². The van der Waals surface area contributed by atoms with E-state index in [4.69, 9.17) is 0 Å². The second-order valence-electron chi connectivity index (χ2n) is 5.07. The number of pyridine rings is 2. The van der Waals surface area contributed by atoms with Gasteiger partial charge in [-0.25, -0.2) is 0 Å². The van der Waals surface area contributed by atoms with Crippen LogP contribution >= 0.6 is 12.6 Å². The van der Waals surface area contributed by atoms with Crippen LogP contribution in [-0.4, -0.2) is 9.97 Å². The molecule has 0 fully saturated rings. The van der Waals surface area contributed by atoms with E-state index in [9.17, 15) is 0 Å². The van der Waals surface area contributed by atoms with Gasteiger partial charge in [0, 0.05) is 29.0 Å². The standard InChI is InChI=1S/C14H16N2S/c1-14(2,3)10-4-7-16-12(8-10)11-5-6-15-9-13(11)17/h4-9,17H,1-3H3. The van der Waals surface area contributed by atoms with Crippen molar-refractivity contribution in [3.63, 3.8) is 0 Å². The third-order valence-corrected chi connectivity index (χ3v) is 3.06. The van der Waals surface area contributed by atoms with Crippen LogP contribution in [0.25, 0.3) is 11.3 Å². The number of nitrogens with zero attached hydrogens (tertiary/aromatic N) is 2. The fraction of sp³-hybridized carbons (Fsp3) is 0.286. The van der Waals surface area contributed by atoms with E-state index in [2.05, 4.69) is 55.5 Å². The Kier molecular flexibility index (Phi) is 3.20. The number of aromatic nitrogens is 2. The van der Waals surface area contributed by atoms with Gasteiger partial charge in [0.2, 0.25) is 0 Å². The molecule has 17 heavy (non-hydrogen) atoms. The zero-order chi connectivity index (χ0) is 12.5. The second kappa shape index (κ2) is 4.49. The Morgan fingerprint density at radius 3 is 2.53 bits per heavy atom. The number of rotatable bonds is 1. The van der Waals surface area contributed by atoms with Crippen LogP contribution in [0.2, 0.25) is 0 Å². The first kappa shape index (κ1) is 12.1. The SMILES string of the molecule is CC(C)(C)c1ccnc(-c2ccncc2S)c1. The Bertz CT molecular complexity index is 530. The maximum absolute atomic E-state index is 4.41. The van der Waals surface area contributed by atoms with Gasteiger partial charge in [-0.05, 0) is 29.2 Å². The highest BCUT2D eigenvalue weighted by Gasteiger charge is 2.15. The number of thiol groups is 1. The smallest absolute Gasteiger partial charge is 0.0717 e. The predicted molar refractivity (Wildman–Crippen MR) is 73.4 cm³/mol. The summed E-state index contributed by atoms with van der Waals surface area (Å²) >= 11 is 4.41. The molecule has 0 radical (unpaired) electrons. The molecule has 0 aliphatic rings. The lowest BCUT2D eigenvalue weighted by molar-refractivity contribution is 0.589. The van der Waals surface area contributed by atoms with Gasteiger partial charge in [-0.15, -0.1) is 12.6 Å². The molecular weight excluding hydrogens is 228 g/mol. The molecule has 3 heteroatoms. The third-order valence-electron chi connectivity index (χ3n) is 2.70. The van der Waals surface area contributed by atoms with Crippen LogP contribution in [0.15, 0.2) is 41.7 Å². The first-order valence-corrected chi connectivity index (χ1v) is 6.03. The quantitative estimate of drug-likeness (QED) is 0.773. The van der Waals surface area contributed by atoms with E-state index in [-0.39, 0.29) is 5.41 Å². The van der Waals surface area contributed by atoms with Gasteiger partial charge in [0.15, 0.2) is 0 Å².